The molecule has 0 radical (unpaired) electrons. The maximum Gasteiger partial charge on any atom is 0.221 e. The van der Waals surface area contributed by atoms with E-state index in [0.717, 1.165) is 0 Å². The molecule has 3 unspecified atom stereocenters. The van der Waals surface area contributed by atoms with Gasteiger partial charge in [0.2, 0.25) is 5.91 Å². The molecule has 2 rings (SSSR count). The quantitative estimate of drug-likeness (QED) is 0.703. The van der Waals surface area contributed by atoms with E-state index < -0.39 is 5.37 Å². The van der Waals surface area contributed by atoms with Crippen LogP contribution in [0.3, 0.4) is 0 Å². The van der Waals surface area contributed by atoms with Crippen LogP contribution in [0, 0.1) is 17.2 Å². The van der Waals surface area contributed by atoms with Gasteiger partial charge in [-0.05, 0) is 12.1 Å². The first-order valence-corrected chi connectivity index (χ1v) is 5.14. The van der Waals surface area contributed by atoms with E-state index in [-0.39, 0.29) is 24.2 Å². The van der Waals surface area contributed by atoms with Gasteiger partial charge in [0.25, 0.3) is 0 Å². The first kappa shape index (κ1) is 10.1. The van der Waals surface area contributed by atoms with Crippen LogP contribution in [0.5, 0.6) is 0 Å². The van der Waals surface area contributed by atoms with E-state index in [2.05, 4.69) is 24.0 Å². The number of thiol groups is 1. The van der Waals surface area contributed by atoms with Crippen LogP contribution in [0.25, 0.3) is 0 Å². The number of carbonyl (C=O) groups excluding carboxylic acids is 1. The van der Waals surface area contributed by atoms with E-state index in [4.69, 9.17) is 9.68 Å². The van der Waals surface area contributed by atoms with Gasteiger partial charge in [-0.3, -0.25) is 4.79 Å². The molecule has 1 fully saturated rings. The van der Waals surface area contributed by atoms with Crippen molar-refractivity contribution in [3.8, 4) is 6.07 Å². The summed E-state index contributed by atoms with van der Waals surface area (Å²) in [7, 11) is 0. The molecule has 1 amide bonds. The normalized spacial score (nSPS) is 30.7. The van der Waals surface area contributed by atoms with Crippen LogP contribution in [-0.2, 0) is 4.79 Å². The van der Waals surface area contributed by atoms with E-state index >= 15 is 0 Å². The van der Waals surface area contributed by atoms with Gasteiger partial charge in [-0.1, -0.05) is 0 Å². The van der Waals surface area contributed by atoms with Gasteiger partial charge in [-0.25, -0.2) is 0 Å². The third kappa shape index (κ3) is 1.85. The third-order valence-electron chi connectivity index (χ3n) is 2.55. The van der Waals surface area contributed by atoms with Crippen molar-refractivity contribution in [3.05, 3.63) is 24.2 Å². The molecule has 0 spiro atoms. The van der Waals surface area contributed by atoms with Crippen LogP contribution in [0.15, 0.2) is 22.8 Å². The molecule has 3 atom stereocenters. The molecule has 0 bridgehead atoms. The molecule has 4 nitrogen and oxygen atoms in total. The smallest absolute Gasteiger partial charge is 0.221 e. The van der Waals surface area contributed by atoms with Crippen LogP contribution in [0.4, 0.5) is 0 Å². The van der Waals surface area contributed by atoms with E-state index in [1.807, 2.05) is 0 Å². The number of hydrogen-bond acceptors (Lipinski definition) is 4. The Balaban J connectivity index is 2.28. The van der Waals surface area contributed by atoms with Crippen LogP contribution >= 0.6 is 12.6 Å². The summed E-state index contributed by atoms with van der Waals surface area (Å²) < 4.78 is 5.24. The first-order valence-electron chi connectivity index (χ1n) is 4.63. The number of piperidine rings is 1. The Kier molecular flexibility index (Phi) is 2.69. The van der Waals surface area contributed by atoms with Crippen LogP contribution in [0.1, 0.15) is 18.1 Å². The lowest BCUT2D eigenvalue weighted by Crippen LogP contribution is -2.44. The lowest BCUT2D eigenvalue weighted by molar-refractivity contribution is -0.123. The van der Waals surface area contributed by atoms with Crippen molar-refractivity contribution in [1.29, 1.82) is 5.26 Å². The fraction of sp³-hybridized carbons (Fsp3) is 0.400. The lowest BCUT2D eigenvalue weighted by atomic mass is 9.85. The molecular weight excluding hydrogens is 212 g/mol. The summed E-state index contributed by atoms with van der Waals surface area (Å²) in [6, 6.07) is 5.70. The highest BCUT2D eigenvalue weighted by Crippen LogP contribution is 2.34. The van der Waals surface area contributed by atoms with Crippen molar-refractivity contribution >= 4 is 18.5 Å². The third-order valence-corrected chi connectivity index (χ3v) is 3.00. The molecule has 1 aromatic heterocycles. The van der Waals surface area contributed by atoms with Gasteiger partial charge in [0.15, 0.2) is 0 Å². The highest BCUT2D eigenvalue weighted by atomic mass is 32.1. The highest BCUT2D eigenvalue weighted by Gasteiger charge is 2.37. The zero-order valence-corrected chi connectivity index (χ0v) is 8.78. The monoisotopic (exact) mass is 222 g/mol. The van der Waals surface area contributed by atoms with Crippen LogP contribution < -0.4 is 5.32 Å². The van der Waals surface area contributed by atoms with E-state index in [1.165, 1.54) is 0 Å². The molecule has 0 aliphatic carbocycles. The molecule has 1 N–H and O–H groups in total. The molecule has 0 aromatic carbocycles. The van der Waals surface area contributed by atoms with Crippen LogP contribution in [0.2, 0.25) is 0 Å². The molecule has 15 heavy (non-hydrogen) atoms. The summed E-state index contributed by atoms with van der Waals surface area (Å²) in [5, 5.41) is 11.2. The summed E-state index contributed by atoms with van der Waals surface area (Å²) in [5.74, 6) is 0.0387. The Hall–Kier alpha value is -1.41. The number of furan rings is 1. The molecule has 78 valence electrons. The standard InChI is InChI=1S/C10H10N2O2S/c11-5-7-6(8-2-1-3-14-8)4-9(13)12-10(7)15/h1-3,6-7,10,15H,4H2,(H,12,13). The second-order valence-electron chi connectivity index (χ2n) is 3.49. The fourth-order valence-electron chi connectivity index (χ4n) is 1.80. The summed E-state index contributed by atoms with van der Waals surface area (Å²) in [5.41, 5.74) is 0. The molecule has 0 saturated carbocycles. The Labute approximate surface area is 92.7 Å². The Morgan fingerprint density at radius 1 is 1.67 bits per heavy atom. The summed E-state index contributed by atoms with van der Waals surface area (Å²) in [4.78, 5) is 11.3. The zero-order valence-electron chi connectivity index (χ0n) is 7.88. The molecule has 1 saturated heterocycles. The van der Waals surface area contributed by atoms with Crippen molar-refractivity contribution < 1.29 is 9.21 Å². The molecular formula is C10H10N2O2S. The number of carbonyl (C=O) groups is 1. The van der Waals surface area contributed by atoms with E-state index in [9.17, 15) is 4.79 Å². The minimum absolute atomic E-state index is 0.0945. The van der Waals surface area contributed by atoms with Crippen molar-refractivity contribution in [1.82, 2.24) is 5.32 Å². The number of nitriles is 1. The van der Waals surface area contributed by atoms with Crippen LogP contribution in [-0.4, -0.2) is 11.3 Å². The van der Waals surface area contributed by atoms with E-state index in [0.29, 0.717) is 5.76 Å². The Morgan fingerprint density at radius 3 is 3.07 bits per heavy atom. The molecule has 2 heterocycles. The van der Waals surface area contributed by atoms with Crippen molar-refractivity contribution in [2.45, 2.75) is 17.7 Å². The van der Waals surface area contributed by atoms with Gasteiger partial charge >= 0.3 is 0 Å². The van der Waals surface area contributed by atoms with Crippen molar-refractivity contribution in [3.63, 3.8) is 0 Å². The summed E-state index contributed by atoms with van der Waals surface area (Å²) in [6.45, 7) is 0. The Morgan fingerprint density at radius 2 is 2.47 bits per heavy atom. The molecule has 5 heteroatoms. The topological polar surface area (TPSA) is 66.0 Å². The largest absolute Gasteiger partial charge is 0.469 e. The number of nitrogens with zero attached hydrogens (tertiary/aromatic N) is 1. The highest BCUT2D eigenvalue weighted by molar-refractivity contribution is 7.81. The van der Waals surface area contributed by atoms with Crippen molar-refractivity contribution in [2.24, 2.45) is 5.92 Å². The van der Waals surface area contributed by atoms with Gasteiger partial charge in [-0.2, -0.15) is 17.9 Å². The second kappa shape index (κ2) is 3.99. The van der Waals surface area contributed by atoms with Gasteiger partial charge in [0.1, 0.15) is 5.76 Å². The van der Waals surface area contributed by atoms with Gasteiger partial charge in [-0.15, -0.1) is 0 Å². The number of amides is 1. The molecule has 1 aliphatic heterocycles. The number of nitrogens with one attached hydrogen (secondary N) is 1. The average molecular weight is 222 g/mol. The maximum atomic E-state index is 11.3. The van der Waals surface area contributed by atoms with Gasteiger partial charge < -0.3 is 9.73 Å². The summed E-state index contributed by atoms with van der Waals surface area (Å²) in [6.07, 6.45) is 1.83. The Bertz CT molecular complexity index is 396. The molecule has 1 aliphatic rings. The minimum atomic E-state index is -0.425. The minimum Gasteiger partial charge on any atom is -0.469 e. The fourth-order valence-corrected chi connectivity index (χ4v) is 2.22. The second-order valence-corrected chi connectivity index (χ2v) is 4.05. The zero-order chi connectivity index (χ0) is 10.8. The molecule has 1 aromatic rings. The summed E-state index contributed by atoms with van der Waals surface area (Å²) >= 11 is 4.19. The number of rotatable bonds is 1. The van der Waals surface area contributed by atoms with E-state index in [1.54, 1.807) is 18.4 Å². The predicted molar refractivity (Wildman–Crippen MR) is 56.1 cm³/mol. The maximum absolute atomic E-state index is 11.3. The number of hydrogen-bond donors (Lipinski definition) is 2. The lowest BCUT2D eigenvalue weighted by Gasteiger charge is -2.30. The van der Waals surface area contributed by atoms with Gasteiger partial charge in [0, 0.05) is 12.3 Å². The SMILES string of the molecule is N#CC1C(S)NC(=O)CC1c1ccco1. The predicted octanol–water partition coefficient (Wildman–Crippen LogP) is 1.28. The first-order chi connectivity index (χ1) is 7.22. The van der Waals surface area contributed by atoms with Gasteiger partial charge in [0.05, 0.1) is 23.6 Å². The average Bonchev–Trinajstić information content (AvgIpc) is 2.69. The van der Waals surface area contributed by atoms with Crippen molar-refractivity contribution in [2.75, 3.05) is 0 Å².